The van der Waals surface area contributed by atoms with Gasteiger partial charge in [-0.3, -0.25) is 8.86 Å². The molecule has 0 aromatic heterocycles. The van der Waals surface area contributed by atoms with E-state index in [0.717, 1.165) is 19.9 Å². The van der Waals surface area contributed by atoms with Gasteiger partial charge in [-0.25, -0.2) is 9.00 Å². The van der Waals surface area contributed by atoms with E-state index in [4.69, 9.17) is 5.11 Å². The number of rotatable bonds is 5. The molecule has 0 aliphatic rings. The lowest BCUT2D eigenvalue weighted by Gasteiger charge is -2.24. The summed E-state index contributed by atoms with van der Waals surface area (Å²) in [5.74, 6) is -1.17. The standard InChI is InChI=1S/C15H14BrNO4S/c1-10(15(18)19)17(22(20)21)14-8-4-12(5-9-14)11-2-6-13(16)7-3-11/h2-10H,1H3,(H,18,19)(H,20,21). The van der Waals surface area contributed by atoms with Gasteiger partial charge in [-0.2, -0.15) is 0 Å². The Morgan fingerprint density at radius 2 is 1.55 bits per heavy atom. The van der Waals surface area contributed by atoms with Crippen LogP contribution in [0.5, 0.6) is 0 Å². The fourth-order valence-corrected chi connectivity index (χ4v) is 2.92. The fraction of sp³-hybridized carbons (Fsp3) is 0.133. The van der Waals surface area contributed by atoms with Gasteiger partial charge in [-0.15, -0.1) is 0 Å². The highest BCUT2D eigenvalue weighted by molar-refractivity contribution is 9.10. The van der Waals surface area contributed by atoms with E-state index in [2.05, 4.69) is 15.9 Å². The zero-order valence-electron chi connectivity index (χ0n) is 11.6. The summed E-state index contributed by atoms with van der Waals surface area (Å²) < 4.78 is 22.7. The first kappa shape index (κ1) is 16.7. The highest BCUT2D eigenvalue weighted by Gasteiger charge is 2.25. The number of hydrogen-bond donors (Lipinski definition) is 2. The number of carboxylic acids is 1. The number of carboxylic acid groups (broad SMARTS) is 1. The Labute approximate surface area is 139 Å². The summed E-state index contributed by atoms with van der Waals surface area (Å²) in [5, 5.41) is 9.03. The van der Waals surface area contributed by atoms with E-state index in [1.54, 1.807) is 24.3 Å². The molecule has 2 aromatic rings. The molecule has 0 aliphatic heterocycles. The van der Waals surface area contributed by atoms with E-state index in [0.29, 0.717) is 5.69 Å². The zero-order chi connectivity index (χ0) is 16.3. The van der Waals surface area contributed by atoms with Crippen molar-refractivity contribution in [2.45, 2.75) is 13.0 Å². The van der Waals surface area contributed by atoms with E-state index in [1.807, 2.05) is 24.3 Å². The van der Waals surface area contributed by atoms with Gasteiger partial charge < -0.3 is 5.11 Å². The van der Waals surface area contributed by atoms with Gasteiger partial charge in [0.1, 0.15) is 6.04 Å². The van der Waals surface area contributed by atoms with E-state index >= 15 is 0 Å². The van der Waals surface area contributed by atoms with Crippen LogP contribution >= 0.6 is 15.9 Å². The van der Waals surface area contributed by atoms with E-state index in [9.17, 15) is 13.6 Å². The van der Waals surface area contributed by atoms with Gasteiger partial charge in [0.25, 0.3) is 11.3 Å². The van der Waals surface area contributed by atoms with Crippen LogP contribution in [-0.4, -0.2) is 25.9 Å². The second kappa shape index (κ2) is 7.04. The highest BCUT2D eigenvalue weighted by Crippen LogP contribution is 2.26. The number of nitrogens with zero attached hydrogens (tertiary/aromatic N) is 1. The van der Waals surface area contributed by atoms with Crippen LogP contribution in [0, 0.1) is 0 Å². The third kappa shape index (κ3) is 3.73. The first-order valence-corrected chi connectivity index (χ1v) is 8.25. The SMILES string of the molecule is CC(C(=O)O)N(c1ccc(-c2ccc(Br)cc2)cc1)S(=O)O. The average Bonchev–Trinajstić information content (AvgIpc) is 2.48. The molecule has 0 aliphatic carbocycles. The van der Waals surface area contributed by atoms with Gasteiger partial charge in [0.15, 0.2) is 0 Å². The Hall–Kier alpha value is -1.70. The van der Waals surface area contributed by atoms with Crippen LogP contribution < -0.4 is 4.31 Å². The van der Waals surface area contributed by atoms with Crippen LogP contribution in [0.1, 0.15) is 6.92 Å². The Morgan fingerprint density at radius 1 is 1.09 bits per heavy atom. The number of carbonyl (C=O) groups is 1. The predicted octanol–water partition coefficient (Wildman–Crippen LogP) is 3.53. The van der Waals surface area contributed by atoms with Crippen molar-refractivity contribution in [2.75, 3.05) is 4.31 Å². The molecule has 0 spiro atoms. The summed E-state index contributed by atoms with van der Waals surface area (Å²) in [6.45, 7) is 1.36. The van der Waals surface area contributed by atoms with Crippen molar-refractivity contribution in [3.05, 3.63) is 53.0 Å². The van der Waals surface area contributed by atoms with Gasteiger partial charge in [-0.05, 0) is 42.3 Å². The molecule has 0 saturated carbocycles. The van der Waals surface area contributed by atoms with Crippen molar-refractivity contribution in [3.8, 4) is 11.1 Å². The van der Waals surface area contributed by atoms with Crippen LogP contribution in [0.2, 0.25) is 0 Å². The molecular weight excluding hydrogens is 370 g/mol. The largest absolute Gasteiger partial charge is 0.480 e. The van der Waals surface area contributed by atoms with Crippen molar-refractivity contribution in [1.82, 2.24) is 0 Å². The van der Waals surface area contributed by atoms with Crippen LogP contribution in [0.15, 0.2) is 53.0 Å². The lowest BCUT2D eigenvalue weighted by atomic mass is 10.1. The van der Waals surface area contributed by atoms with E-state index < -0.39 is 23.3 Å². The van der Waals surface area contributed by atoms with Gasteiger partial charge in [0.05, 0.1) is 5.69 Å². The smallest absolute Gasteiger partial charge is 0.327 e. The Balaban J connectivity index is 2.32. The maximum atomic E-state index is 11.4. The van der Waals surface area contributed by atoms with E-state index in [1.165, 1.54) is 6.92 Å². The first-order valence-electron chi connectivity index (χ1n) is 6.39. The first-order chi connectivity index (χ1) is 10.4. The van der Waals surface area contributed by atoms with Gasteiger partial charge in [0, 0.05) is 4.47 Å². The van der Waals surface area contributed by atoms with Crippen LogP contribution in [0.25, 0.3) is 11.1 Å². The van der Waals surface area contributed by atoms with Crippen LogP contribution in [-0.2, 0) is 16.1 Å². The van der Waals surface area contributed by atoms with E-state index in [-0.39, 0.29) is 0 Å². The molecule has 0 saturated heterocycles. The lowest BCUT2D eigenvalue weighted by molar-refractivity contribution is -0.137. The summed E-state index contributed by atoms with van der Waals surface area (Å²) in [6.07, 6.45) is 0. The Morgan fingerprint density at radius 3 is 1.95 bits per heavy atom. The molecule has 0 fully saturated rings. The molecule has 0 amide bonds. The molecule has 2 aromatic carbocycles. The molecule has 0 heterocycles. The van der Waals surface area contributed by atoms with Crippen molar-refractivity contribution in [3.63, 3.8) is 0 Å². The minimum atomic E-state index is -2.41. The molecule has 2 atom stereocenters. The molecule has 116 valence electrons. The Bertz CT molecular complexity index is 688. The van der Waals surface area contributed by atoms with Crippen molar-refractivity contribution >= 4 is 38.9 Å². The number of halogens is 1. The molecule has 2 N–H and O–H groups in total. The molecule has 0 bridgehead atoms. The van der Waals surface area contributed by atoms with Crippen LogP contribution in [0.3, 0.4) is 0 Å². The second-order valence-electron chi connectivity index (χ2n) is 4.62. The Kier molecular flexibility index (Phi) is 5.33. The number of anilines is 1. The second-order valence-corrected chi connectivity index (χ2v) is 6.40. The average molecular weight is 384 g/mol. The third-order valence-corrected chi connectivity index (χ3v) is 4.57. The van der Waals surface area contributed by atoms with Crippen molar-refractivity contribution in [1.29, 1.82) is 0 Å². The lowest BCUT2D eigenvalue weighted by Crippen LogP contribution is -2.40. The minimum absolute atomic E-state index is 0.372. The topological polar surface area (TPSA) is 77.8 Å². The summed E-state index contributed by atoms with van der Waals surface area (Å²) in [7, 11) is 0. The zero-order valence-corrected chi connectivity index (χ0v) is 14.0. The highest BCUT2D eigenvalue weighted by atomic mass is 79.9. The molecular formula is C15H14BrNO4S. The summed E-state index contributed by atoms with van der Waals surface area (Å²) in [6, 6.07) is 13.5. The molecule has 22 heavy (non-hydrogen) atoms. The maximum absolute atomic E-state index is 11.4. The van der Waals surface area contributed by atoms with Gasteiger partial charge in [0.2, 0.25) is 0 Å². The molecule has 2 rings (SSSR count). The molecule has 2 unspecified atom stereocenters. The minimum Gasteiger partial charge on any atom is -0.480 e. The van der Waals surface area contributed by atoms with Crippen molar-refractivity contribution in [2.24, 2.45) is 0 Å². The summed E-state index contributed by atoms with van der Waals surface area (Å²) in [4.78, 5) is 11.0. The normalized spacial score (nSPS) is 13.4. The molecule has 0 radical (unpaired) electrons. The fourth-order valence-electron chi connectivity index (χ4n) is 1.99. The molecule has 7 heteroatoms. The summed E-state index contributed by atoms with van der Waals surface area (Å²) >= 11 is 0.957. The summed E-state index contributed by atoms with van der Waals surface area (Å²) in [5.41, 5.74) is 2.30. The number of hydrogen-bond acceptors (Lipinski definition) is 2. The molecule has 5 nitrogen and oxygen atoms in total. The third-order valence-electron chi connectivity index (χ3n) is 3.18. The van der Waals surface area contributed by atoms with Crippen molar-refractivity contribution < 1.29 is 18.7 Å². The monoisotopic (exact) mass is 383 g/mol. The quantitative estimate of drug-likeness (QED) is 0.774. The van der Waals surface area contributed by atoms with Crippen LogP contribution in [0.4, 0.5) is 5.69 Å². The van der Waals surface area contributed by atoms with Gasteiger partial charge >= 0.3 is 5.97 Å². The predicted molar refractivity (Wildman–Crippen MR) is 89.9 cm³/mol. The van der Waals surface area contributed by atoms with Gasteiger partial charge in [-0.1, -0.05) is 40.2 Å². The number of aliphatic carboxylic acids is 1. The maximum Gasteiger partial charge on any atom is 0.327 e. The number of benzene rings is 2.